The summed E-state index contributed by atoms with van der Waals surface area (Å²) in [6.45, 7) is 1.81. The van der Waals surface area contributed by atoms with Crippen molar-refractivity contribution in [1.82, 2.24) is 14.5 Å². The third-order valence-electron chi connectivity index (χ3n) is 5.32. The Bertz CT molecular complexity index is 1380. The van der Waals surface area contributed by atoms with Crippen LogP contribution in [0.15, 0.2) is 71.5 Å². The van der Waals surface area contributed by atoms with E-state index in [-0.39, 0.29) is 16.5 Å². The Labute approximate surface area is 199 Å². The molecule has 0 saturated heterocycles. The molecule has 1 amide bonds. The molecule has 0 fully saturated rings. The summed E-state index contributed by atoms with van der Waals surface area (Å²) in [7, 11) is 1.64. The first-order valence-electron chi connectivity index (χ1n) is 9.78. The SMILES string of the molecule is CC(c1nc2ccccc2c(=O)n1-c1ccc(Cl)cc1)N(C)C(=O)c1ccc(Cl)cc1Cl. The topological polar surface area (TPSA) is 55.2 Å². The molecule has 162 valence electrons. The molecule has 1 heterocycles. The van der Waals surface area contributed by atoms with E-state index in [1.165, 1.54) is 15.5 Å². The maximum atomic E-state index is 13.4. The van der Waals surface area contributed by atoms with Crippen molar-refractivity contribution in [3.8, 4) is 5.69 Å². The molecule has 0 saturated carbocycles. The molecule has 0 aliphatic heterocycles. The highest BCUT2D eigenvalue weighted by Crippen LogP contribution is 2.27. The van der Waals surface area contributed by atoms with Gasteiger partial charge in [0.25, 0.3) is 11.5 Å². The van der Waals surface area contributed by atoms with E-state index in [1.54, 1.807) is 61.6 Å². The van der Waals surface area contributed by atoms with Gasteiger partial charge in [0.2, 0.25) is 0 Å². The first-order valence-corrected chi connectivity index (χ1v) is 10.9. The van der Waals surface area contributed by atoms with Gasteiger partial charge in [-0.25, -0.2) is 4.98 Å². The summed E-state index contributed by atoms with van der Waals surface area (Å²) < 4.78 is 1.51. The molecule has 1 unspecified atom stereocenters. The summed E-state index contributed by atoms with van der Waals surface area (Å²) in [6, 6.07) is 18.2. The molecule has 0 N–H and O–H groups in total. The van der Waals surface area contributed by atoms with Crippen molar-refractivity contribution in [3.05, 3.63) is 104 Å². The predicted octanol–water partition coefficient (Wildman–Crippen LogP) is 6.18. The number of hydrogen-bond donors (Lipinski definition) is 0. The number of nitrogens with zero attached hydrogens (tertiary/aromatic N) is 3. The summed E-state index contributed by atoms with van der Waals surface area (Å²) in [5.74, 6) is 0.0983. The van der Waals surface area contributed by atoms with E-state index in [1.807, 2.05) is 13.0 Å². The third-order valence-corrected chi connectivity index (χ3v) is 6.12. The number of hydrogen-bond acceptors (Lipinski definition) is 3. The number of rotatable bonds is 4. The minimum atomic E-state index is -0.553. The number of carbonyl (C=O) groups excluding carboxylic acids is 1. The van der Waals surface area contributed by atoms with Crippen LogP contribution in [0.2, 0.25) is 15.1 Å². The van der Waals surface area contributed by atoms with Crippen LogP contribution in [0.5, 0.6) is 0 Å². The van der Waals surface area contributed by atoms with Crippen LogP contribution in [0.25, 0.3) is 16.6 Å². The predicted molar refractivity (Wildman–Crippen MR) is 129 cm³/mol. The zero-order valence-corrected chi connectivity index (χ0v) is 19.5. The second-order valence-corrected chi connectivity index (χ2v) is 8.60. The highest BCUT2D eigenvalue weighted by molar-refractivity contribution is 6.36. The van der Waals surface area contributed by atoms with Crippen molar-refractivity contribution < 1.29 is 4.79 Å². The lowest BCUT2D eigenvalue weighted by Crippen LogP contribution is -2.35. The summed E-state index contributed by atoms with van der Waals surface area (Å²) >= 11 is 18.3. The molecule has 4 aromatic rings. The van der Waals surface area contributed by atoms with Crippen LogP contribution in [0.1, 0.15) is 29.1 Å². The number of benzene rings is 3. The maximum absolute atomic E-state index is 13.4. The number of fused-ring (bicyclic) bond motifs is 1. The van der Waals surface area contributed by atoms with Crippen molar-refractivity contribution in [1.29, 1.82) is 0 Å². The number of para-hydroxylation sites is 1. The van der Waals surface area contributed by atoms with Gasteiger partial charge in [0.1, 0.15) is 5.82 Å². The van der Waals surface area contributed by atoms with E-state index in [4.69, 9.17) is 39.8 Å². The Balaban J connectivity index is 1.86. The first-order chi connectivity index (χ1) is 15.3. The number of halogens is 3. The number of aromatic nitrogens is 2. The Kier molecular flexibility index (Phi) is 6.24. The molecule has 1 atom stereocenters. The molecule has 32 heavy (non-hydrogen) atoms. The van der Waals surface area contributed by atoms with Crippen molar-refractivity contribution in [2.75, 3.05) is 7.05 Å². The molecular weight excluding hydrogens is 469 g/mol. The molecule has 5 nitrogen and oxygen atoms in total. The van der Waals surface area contributed by atoms with Crippen molar-refractivity contribution in [3.63, 3.8) is 0 Å². The van der Waals surface area contributed by atoms with Crippen LogP contribution in [0.4, 0.5) is 0 Å². The standard InChI is InChI=1S/C24H18Cl3N3O2/c1-14(29(2)23(31)18-12-9-16(26)13-20(18)27)22-28-21-6-4-3-5-19(21)24(32)30(22)17-10-7-15(25)8-11-17/h3-14H,1-2H3. The quantitative estimate of drug-likeness (QED) is 0.346. The Morgan fingerprint density at radius 2 is 1.62 bits per heavy atom. The van der Waals surface area contributed by atoms with Crippen LogP contribution in [0.3, 0.4) is 0 Å². The second-order valence-electron chi connectivity index (χ2n) is 7.32. The lowest BCUT2D eigenvalue weighted by molar-refractivity contribution is 0.0735. The van der Waals surface area contributed by atoms with Crippen molar-refractivity contribution in [2.24, 2.45) is 0 Å². The van der Waals surface area contributed by atoms with Crippen LogP contribution in [-0.4, -0.2) is 27.4 Å². The largest absolute Gasteiger partial charge is 0.332 e. The van der Waals surface area contributed by atoms with Gasteiger partial charge in [-0.2, -0.15) is 0 Å². The summed E-state index contributed by atoms with van der Waals surface area (Å²) in [5, 5.41) is 1.72. The fraction of sp³-hybridized carbons (Fsp3) is 0.125. The van der Waals surface area contributed by atoms with Crippen LogP contribution >= 0.6 is 34.8 Å². The lowest BCUT2D eigenvalue weighted by atomic mass is 10.1. The highest BCUT2D eigenvalue weighted by atomic mass is 35.5. The maximum Gasteiger partial charge on any atom is 0.266 e. The molecule has 0 aliphatic rings. The van der Waals surface area contributed by atoms with Crippen LogP contribution in [-0.2, 0) is 0 Å². The minimum absolute atomic E-state index is 0.231. The molecule has 0 radical (unpaired) electrons. The average Bonchev–Trinajstić information content (AvgIpc) is 2.78. The molecule has 3 aromatic carbocycles. The summed E-state index contributed by atoms with van der Waals surface area (Å²) in [6.07, 6.45) is 0. The van der Waals surface area contributed by atoms with Crippen LogP contribution in [0, 0.1) is 0 Å². The van der Waals surface area contributed by atoms with Gasteiger partial charge in [-0.05, 0) is 61.5 Å². The minimum Gasteiger partial charge on any atom is -0.332 e. The Morgan fingerprint density at radius 1 is 0.969 bits per heavy atom. The Hall–Kier alpha value is -2.86. The van der Waals surface area contributed by atoms with E-state index in [2.05, 4.69) is 0 Å². The molecule has 8 heteroatoms. The zero-order chi connectivity index (χ0) is 23.0. The van der Waals surface area contributed by atoms with E-state index in [9.17, 15) is 9.59 Å². The summed E-state index contributed by atoms with van der Waals surface area (Å²) in [4.78, 5) is 32.9. The van der Waals surface area contributed by atoms with Gasteiger partial charge in [0.15, 0.2) is 0 Å². The van der Waals surface area contributed by atoms with E-state index >= 15 is 0 Å². The fourth-order valence-electron chi connectivity index (χ4n) is 3.47. The van der Waals surface area contributed by atoms with Gasteiger partial charge in [0.05, 0.1) is 33.2 Å². The zero-order valence-electron chi connectivity index (χ0n) is 17.2. The molecular formula is C24H18Cl3N3O2. The number of carbonyl (C=O) groups is 1. The highest BCUT2D eigenvalue weighted by Gasteiger charge is 2.26. The van der Waals surface area contributed by atoms with Gasteiger partial charge in [0, 0.05) is 17.1 Å². The lowest BCUT2D eigenvalue weighted by Gasteiger charge is -2.27. The van der Waals surface area contributed by atoms with Gasteiger partial charge in [-0.3, -0.25) is 14.2 Å². The van der Waals surface area contributed by atoms with Gasteiger partial charge < -0.3 is 4.90 Å². The van der Waals surface area contributed by atoms with Crippen molar-refractivity contribution >= 4 is 51.6 Å². The monoisotopic (exact) mass is 485 g/mol. The van der Waals surface area contributed by atoms with E-state index < -0.39 is 6.04 Å². The van der Waals surface area contributed by atoms with E-state index in [0.717, 1.165) is 0 Å². The normalized spacial score (nSPS) is 12.0. The molecule has 0 aliphatic carbocycles. The van der Waals surface area contributed by atoms with Gasteiger partial charge in [-0.1, -0.05) is 46.9 Å². The third kappa shape index (κ3) is 4.11. The fourth-order valence-corrected chi connectivity index (χ4v) is 4.09. The van der Waals surface area contributed by atoms with E-state index in [0.29, 0.717) is 38.0 Å². The first kappa shape index (κ1) is 22.3. The smallest absolute Gasteiger partial charge is 0.266 e. The van der Waals surface area contributed by atoms with Crippen molar-refractivity contribution in [2.45, 2.75) is 13.0 Å². The number of amides is 1. The average molecular weight is 487 g/mol. The molecule has 4 rings (SSSR count). The molecule has 0 spiro atoms. The molecule has 0 bridgehead atoms. The summed E-state index contributed by atoms with van der Waals surface area (Å²) in [5.41, 5.74) is 1.23. The van der Waals surface area contributed by atoms with Crippen LogP contribution < -0.4 is 5.56 Å². The second kappa shape index (κ2) is 8.94. The van der Waals surface area contributed by atoms with Gasteiger partial charge >= 0.3 is 0 Å². The molecule has 1 aromatic heterocycles. The Morgan fingerprint density at radius 3 is 2.31 bits per heavy atom. The van der Waals surface area contributed by atoms with Gasteiger partial charge in [-0.15, -0.1) is 0 Å².